The molecule has 0 aliphatic heterocycles. The van der Waals surface area contributed by atoms with Gasteiger partial charge in [-0.3, -0.25) is 10.1 Å². The number of nitro groups is 1. The lowest BCUT2D eigenvalue weighted by Crippen LogP contribution is -1.92. The summed E-state index contributed by atoms with van der Waals surface area (Å²) in [6, 6.07) is 30.0. The Morgan fingerprint density at radius 3 is 2.00 bits per heavy atom. The van der Waals surface area contributed by atoms with Crippen molar-refractivity contribution in [3.63, 3.8) is 0 Å². The molecule has 4 aromatic rings. The van der Waals surface area contributed by atoms with Gasteiger partial charge in [-0.05, 0) is 71.0 Å². The number of nitrogens with zero attached hydrogens (tertiary/aromatic N) is 1. The molecule has 0 bridgehead atoms. The zero-order chi connectivity index (χ0) is 20.4. The number of hydrogen-bond acceptors (Lipinski definition) is 2. The van der Waals surface area contributed by atoms with Crippen LogP contribution < -0.4 is 0 Å². The van der Waals surface area contributed by atoms with Crippen LogP contribution in [0.5, 0.6) is 0 Å². The Balaban J connectivity index is 1.87. The molecule has 0 saturated heterocycles. The van der Waals surface area contributed by atoms with Crippen LogP contribution in [0.4, 0.5) is 5.69 Å². The zero-order valence-corrected chi connectivity index (χ0v) is 16.4. The summed E-state index contributed by atoms with van der Waals surface area (Å²) in [6.07, 6.45) is 0. The minimum absolute atomic E-state index is 0.102. The SMILES string of the molecule is Cc1ccc(-c2ccc([N+](=O)[O-])cc2)c(-c2cc(-c3ccccc3)ccc2C)c1. The van der Waals surface area contributed by atoms with Gasteiger partial charge in [-0.15, -0.1) is 0 Å². The van der Waals surface area contributed by atoms with Crippen molar-refractivity contribution in [1.29, 1.82) is 0 Å². The third kappa shape index (κ3) is 3.81. The van der Waals surface area contributed by atoms with Crippen LogP contribution in [-0.2, 0) is 0 Å². The van der Waals surface area contributed by atoms with Gasteiger partial charge in [0, 0.05) is 12.1 Å². The van der Waals surface area contributed by atoms with E-state index in [2.05, 4.69) is 62.4 Å². The number of rotatable bonds is 4. The van der Waals surface area contributed by atoms with Crippen LogP contribution in [0.1, 0.15) is 11.1 Å². The molecule has 3 nitrogen and oxygen atoms in total. The summed E-state index contributed by atoms with van der Waals surface area (Å²) in [5.41, 5.74) is 9.16. The first kappa shape index (κ1) is 18.6. The van der Waals surface area contributed by atoms with Gasteiger partial charge in [0.05, 0.1) is 4.92 Å². The summed E-state index contributed by atoms with van der Waals surface area (Å²) < 4.78 is 0. The lowest BCUT2D eigenvalue weighted by molar-refractivity contribution is -0.384. The van der Waals surface area contributed by atoms with Gasteiger partial charge in [-0.25, -0.2) is 0 Å². The van der Waals surface area contributed by atoms with E-state index in [9.17, 15) is 10.1 Å². The molecular weight excluding hydrogens is 358 g/mol. The molecule has 0 fully saturated rings. The molecule has 0 aliphatic carbocycles. The molecule has 0 spiro atoms. The molecule has 0 heterocycles. The highest BCUT2D eigenvalue weighted by Crippen LogP contribution is 2.37. The number of nitro benzene ring substituents is 1. The smallest absolute Gasteiger partial charge is 0.258 e. The van der Waals surface area contributed by atoms with Crippen molar-refractivity contribution in [2.24, 2.45) is 0 Å². The van der Waals surface area contributed by atoms with Crippen LogP contribution in [0.3, 0.4) is 0 Å². The fourth-order valence-electron chi connectivity index (χ4n) is 3.62. The molecule has 4 rings (SSSR count). The third-order valence-electron chi connectivity index (χ3n) is 5.20. The number of non-ortho nitro benzene ring substituents is 1. The van der Waals surface area contributed by atoms with Gasteiger partial charge in [0.1, 0.15) is 0 Å². The maximum atomic E-state index is 11.0. The lowest BCUT2D eigenvalue weighted by atomic mass is 9.89. The number of hydrogen-bond donors (Lipinski definition) is 0. The van der Waals surface area contributed by atoms with Gasteiger partial charge >= 0.3 is 0 Å². The van der Waals surface area contributed by atoms with E-state index in [0.717, 1.165) is 16.7 Å². The van der Waals surface area contributed by atoms with E-state index in [1.165, 1.54) is 27.8 Å². The lowest BCUT2D eigenvalue weighted by Gasteiger charge is -2.15. The monoisotopic (exact) mass is 379 g/mol. The number of aryl methyl sites for hydroxylation is 2. The van der Waals surface area contributed by atoms with E-state index in [-0.39, 0.29) is 10.6 Å². The van der Waals surface area contributed by atoms with E-state index in [1.807, 2.05) is 30.3 Å². The largest absolute Gasteiger partial charge is 0.269 e. The Kier molecular flexibility index (Phi) is 4.96. The van der Waals surface area contributed by atoms with Gasteiger partial charge in [0.25, 0.3) is 5.69 Å². The zero-order valence-electron chi connectivity index (χ0n) is 16.4. The first-order chi connectivity index (χ1) is 14.0. The minimum atomic E-state index is -0.368. The van der Waals surface area contributed by atoms with E-state index >= 15 is 0 Å². The van der Waals surface area contributed by atoms with Crippen molar-refractivity contribution in [3.05, 3.63) is 112 Å². The van der Waals surface area contributed by atoms with E-state index in [1.54, 1.807) is 12.1 Å². The summed E-state index contributed by atoms with van der Waals surface area (Å²) in [5, 5.41) is 11.0. The predicted octanol–water partition coefficient (Wildman–Crippen LogP) is 7.21. The summed E-state index contributed by atoms with van der Waals surface area (Å²) in [6.45, 7) is 4.20. The van der Waals surface area contributed by atoms with Crippen LogP contribution in [0.2, 0.25) is 0 Å². The Bertz CT molecular complexity index is 1180. The van der Waals surface area contributed by atoms with Gasteiger partial charge in [0.15, 0.2) is 0 Å². The van der Waals surface area contributed by atoms with Crippen molar-refractivity contribution in [1.82, 2.24) is 0 Å². The summed E-state index contributed by atoms with van der Waals surface area (Å²) in [7, 11) is 0. The van der Waals surface area contributed by atoms with Crippen LogP contribution in [0, 0.1) is 24.0 Å². The van der Waals surface area contributed by atoms with Crippen molar-refractivity contribution in [2.75, 3.05) is 0 Å². The Morgan fingerprint density at radius 1 is 0.621 bits per heavy atom. The van der Waals surface area contributed by atoms with Gasteiger partial charge in [-0.2, -0.15) is 0 Å². The molecule has 0 unspecified atom stereocenters. The molecule has 3 heteroatoms. The average molecular weight is 379 g/mol. The van der Waals surface area contributed by atoms with Crippen molar-refractivity contribution >= 4 is 5.69 Å². The number of benzene rings is 4. The van der Waals surface area contributed by atoms with Crippen LogP contribution in [0.15, 0.2) is 91.0 Å². The molecule has 29 heavy (non-hydrogen) atoms. The van der Waals surface area contributed by atoms with Crippen LogP contribution in [0.25, 0.3) is 33.4 Å². The predicted molar refractivity (Wildman–Crippen MR) is 119 cm³/mol. The van der Waals surface area contributed by atoms with Crippen LogP contribution >= 0.6 is 0 Å². The molecular formula is C26H21NO2. The van der Waals surface area contributed by atoms with Crippen LogP contribution in [-0.4, -0.2) is 4.92 Å². The first-order valence-electron chi connectivity index (χ1n) is 9.55. The molecule has 0 N–H and O–H groups in total. The molecule has 0 amide bonds. The van der Waals surface area contributed by atoms with Gasteiger partial charge < -0.3 is 0 Å². The topological polar surface area (TPSA) is 43.1 Å². The fourth-order valence-corrected chi connectivity index (χ4v) is 3.62. The fraction of sp³-hybridized carbons (Fsp3) is 0.0769. The Hall–Kier alpha value is -3.72. The van der Waals surface area contributed by atoms with Crippen molar-refractivity contribution in [3.8, 4) is 33.4 Å². The second-order valence-electron chi connectivity index (χ2n) is 7.25. The molecule has 0 atom stereocenters. The van der Waals surface area contributed by atoms with Gasteiger partial charge in [-0.1, -0.05) is 66.2 Å². The minimum Gasteiger partial charge on any atom is -0.258 e. The third-order valence-corrected chi connectivity index (χ3v) is 5.20. The summed E-state index contributed by atoms with van der Waals surface area (Å²) in [4.78, 5) is 10.6. The maximum absolute atomic E-state index is 11.0. The molecule has 0 aliphatic rings. The molecule has 0 radical (unpaired) electrons. The Morgan fingerprint density at radius 2 is 1.31 bits per heavy atom. The van der Waals surface area contributed by atoms with Crippen molar-refractivity contribution in [2.45, 2.75) is 13.8 Å². The van der Waals surface area contributed by atoms with Crippen molar-refractivity contribution < 1.29 is 4.92 Å². The molecule has 4 aromatic carbocycles. The maximum Gasteiger partial charge on any atom is 0.269 e. The average Bonchev–Trinajstić information content (AvgIpc) is 2.75. The normalized spacial score (nSPS) is 10.7. The summed E-state index contributed by atoms with van der Waals surface area (Å²) >= 11 is 0. The second-order valence-corrected chi connectivity index (χ2v) is 7.25. The quantitative estimate of drug-likeness (QED) is 0.278. The highest BCUT2D eigenvalue weighted by Gasteiger charge is 2.13. The molecule has 0 aromatic heterocycles. The highest BCUT2D eigenvalue weighted by atomic mass is 16.6. The van der Waals surface area contributed by atoms with E-state index in [0.29, 0.717) is 0 Å². The highest BCUT2D eigenvalue weighted by molar-refractivity contribution is 5.87. The van der Waals surface area contributed by atoms with E-state index in [4.69, 9.17) is 0 Å². The first-order valence-corrected chi connectivity index (χ1v) is 9.55. The van der Waals surface area contributed by atoms with Gasteiger partial charge in [0.2, 0.25) is 0 Å². The Labute approximate surface area is 170 Å². The molecule has 142 valence electrons. The van der Waals surface area contributed by atoms with E-state index < -0.39 is 0 Å². The second kappa shape index (κ2) is 7.72. The standard InChI is InChI=1S/C26H21NO2/c1-18-8-15-24(21-11-13-23(14-12-21)27(28)29)26(16-18)25-17-22(10-9-19(25)2)20-6-4-3-5-7-20/h3-17H,1-2H3. The summed E-state index contributed by atoms with van der Waals surface area (Å²) in [5.74, 6) is 0. The molecule has 0 saturated carbocycles.